The van der Waals surface area contributed by atoms with Gasteiger partial charge in [0.1, 0.15) is 11.4 Å². The Morgan fingerprint density at radius 3 is 2.03 bits per heavy atom. The zero-order chi connectivity index (χ0) is 21.4. The van der Waals surface area contributed by atoms with E-state index < -0.39 is 11.9 Å². The van der Waals surface area contributed by atoms with Crippen LogP contribution < -0.4 is 24.3 Å². The second-order valence-electron chi connectivity index (χ2n) is 5.66. The van der Waals surface area contributed by atoms with Crippen LogP contribution in [0.5, 0.6) is 23.0 Å². The number of benzene rings is 2. The van der Waals surface area contributed by atoms with Gasteiger partial charge in [-0.3, -0.25) is 4.79 Å². The first-order valence-corrected chi connectivity index (χ1v) is 8.53. The molecule has 0 aliphatic heterocycles. The van der Waals surface area contributed by atoms with Gasteiger partial charge in [0, 0.05) is 12.1 Å². The molecule has 0 radical (unpaired) electrons. The molecule has 2 aromatic carbocycles. The molecule has 154 valence electrons. The number of amides is 1. The molecule has 0 saturated carbocycles. The van der Waals surface area contributed by atoms with Gasteiger partial charge in [-0.2, -0.15) is 0 Å². The van der Waals surface area contributed by atoms with Crippen LogP contribution in [0.4, 0.5) is 5.69 Å². The monoisotopic (exact) mass is 401 g/mol. The van der Waals surface area contributed by atoms with Crippen molar-refractivity contribution in [2.45, 2.75) is 0 Å². The number of hydrogen-bond donors (Lipinski definition) is 1. The minimum absolute atomic E-state index is 0.0631. The molecule has 2 aromatic rings. The molecular weight excluding hydrogens is 378 g/mol. The lowest BCUT2D eigenvalue weighted by Gasteiger charge is -2.18. The van der Waals surface area contributed by atoms with E-state index in [1.54, 1.807) is 37.5 Å². The fourth-order valence-corrected chi connectivity index (χ4v) is 2.60. The van der Waals surface area contributed by atoms with Crippen LogP contribution in [0.15, 0.2) is 36.4 Å². The molecule has 29 heavy (non-hydrogen) atoms. The molecule has 0 spiro atoms. The largest absolute Gasteiger partial charge is 0.497 e. The molecule has 0 saturated heterocycles. The van der Waals surface area contributed by atoms with Crippen molar-refractivity contribution in [1.82, 2.24) is 0 Å². The first-order chi connectivity index (χ1) is 14.0. The Kier molecular flexibility index (Phi) is 7.47. The van der Waals surface area contributed by atoms with E-state index in [9.17, 15) is 9.59 Å². The molecule has 0 aromatic heterocycles. The van der Waals surface area contributed by atoms with Gasteiger partial charge in [0.05, 0.1) is 41.1 Å². The van der Waals surface area contributed by atoms with E-state index in [1.165, 1.54) is 40.6 Å². The van der Waals surface area contributed by atoms with Crippen molar-refractivity contribution in [3.63, 3.8) is 0 Å². The van der Waals surface area contributed by atoms with Gasteiger partial charge in [-0.25, -0.2) is 4.79 Å². The van der Waals surface area contributed by atoms with Crippen LogP contribution in [0.1, 0.15) is 15.9 Å². The second kappa shape index (κ2) is 10.0. The average Bonchev–Trinajstić information content (AvgIpc) is 2.76. The van der Waals surface area contributed by atoms with Crippen molar-refractivity contribution in [1.29, 1.82) is 0 Å². The Balaban J connectivity index is 2.39. The molecule has 0 aliphatic carbocycles. The molecule has 0 bridgehead atoms. The maximum Gasteiger partial charge on any atom is 0.340 e. The molecule has 8 heteroatoms. The van der Waals surface area contributed by atoms with Gasteiger partial charge in [0.15, 0.2) is 11.5 Å². The predicted octanol–water partition coefficient (Wildman–Crippen LogP) is 3.16. The van der Waals surface area contributed by atoms with E-state index in [2.05, 4.69) is 5.32 Å². The quantitative estimate of drug-likeness (QED) is 0.536. The number of anilines is 1. The Morgan fingerprint density at radius 2 is 1.52 bits per heavy atom. The highest BCUT2D eigenvalue weighted by Gasteiger charge is 2.25. The first kappa shape index (κ1) is 21.6. The minimum Gasteiger partial charge on any atom is -0.497 e. The Morgan fingerprint density at radius 1 is 0.862 bits per heavy atom. The van der Waals surface area contributed by atoms with Crippen molar-refractivity contribution < 1.29 is 33.3 Å². The predicted molar refractivity (Wildman–Crippen MR) is 108 cm³/mol. The Hall–Kier alpha value is -3.68. The van der Waals surface area contributed by atoms with Gasteiger partial charge >= 0.3 is 5.97 Å². The highest BCUT2D eigenvalue weighted by atomic mass is 16.5. The van der Waals surface area contributed by atoms with Crippen LogP contribution in [0.2, 0.25) is 0 Å². The highest BCUT2D eigenvalue weighted by Crippen LogP contribution is 2.45. The van der Waals surface area contributed by atoms with Crippen LogP contribution >= 0.6 is 0 Å². The van der Waals surface area contributed by atoms with Crippen LogP contribution in [0, 0.1) is 0 Å². The maximum absolute atomic E-state index is 12.5. The van der Waals surface area contributed by atoms with Crippen molar-refractivity contribution in [3.05, 3.63) is 47.5 Å². The standard InChI is InChI=1S/C21H23NO7/c1-25-14-9-6-13(7-10-14)8-11-17(23)22-18-15(21(24)29-5)12-16(26-2)19(27-3)20(18)28-4/h6-12H,1-5H3,(H,22,23)/b11-8+. The summed E-state index contributed by atoms with van der Waals surface area (Å²) in [7, 11) is 7.05. The third-order valence-electron chi connectivity index (χ3n) is 4.03. The SMILES string of the molecule is COC(=O)c1cc(OC)c(OC)c(OC)c1NC(=O)/C=C/c1ccc(OC)cc1. The van der Waals surface area contributed by atoms with Crippen LogP contribution in [-0.4, -0.2) is 47.4 Å². The van der Waals surface area contributed by atoms with Crippen LogP contribution in [0.25, 0.3) is 6.08 Å². The summed E-state index contributed by atoms with van der Waals surface area (Å²) in [6.45, 7) is 0. The number of ether oxygens (including phenoxy) is 5. The smallest absolute Gasteiger partial charge is 0.340 e. The molecule has 0 aliphatic rings. The maximum atomic E-state index is 12.5. The molecule has 1 N–H and O–H groups in total. The zero-order valence-corrected chi connectivity index (χ0v) is 16.9. The average molecular weight is 401 g/mol. The topological polar surface area (TPSA) is 92.3 Å². The molecule has 2 rings (SSSR count). The van der Waals surface area contributed by atoms with Crippen molar-refractivity contribution in [3.8, 4) is 23.0 Å². The fourth-order valence-electron chi connectivity index (χ4n) is 2.60. The number of methoxy groups -OCH3 is 5. The Bertz CT molecular complexity index is 904. The molecule has 0 unspecified atom stereocenters. The zero-order valence-electron chi connectivity index (χ0n) is 16.9. The molecular formula is C21H23NO7. The van der Waals surface area contributed by atoms with E-state index in [1.807, 2.05) is 0 Å². The molecule has 1 amide bonds. The first-order valence-electron chi connectivity index (χ1n) is 8.53. The van der Waals surface area contributed by atoms with E-state index >= 15 is 0 Å². The van der Waals surface area contributed by atoms with Gasteiger partial charge in [-0.05, 0) is 23.8 Å². The number of carbonyl (C=O) groups excluding carboxylic acids is 2. The van der Waals surface area contributed by atoms with E-state index in [0.29, 0.717) is 5.75 Å². The summed E-state index contributed by atoms with van der Waals surface area (Å²) in [4.78, 5) is 24.7. The highest BCUT2D eigenvalue weighted by molar-refractivity contribution is 6.08. The summed E-state index contributed by atoms with van der Waals surface area (Å²) in [5.74, 6) is 0.201. The van der Waals surface area contributed by atoms with Crippen molar-refractivity contribution >= 4 is 23.6 Å². The molecule has 8 nitrogen and oxygen atoms in total. The summed E-state index contributed by atoms with van der Waals surface area (Å²) < 4.78 is 25.8. The lowest BCUT2D eigenvalue weighted by atomic mass is 10.1. The van der Waals surface area contributed by atoms with Gasteiger partial charge in [-0.15, -0.1) is 0 Å². The number of rotatable bonds is 8. The molecule has 0 atom stereocenters. The number of hydrogen-bond acceptors (Lipinski definition) is 7. The summed E-state index contributed by atoms with van der Waals surface area (Å²) >= 11 is 0. The van der Waals surface area contributed by atoms with Gasteiger partial charge in [0.2, 0.25) is 11.7 Å². The summed E-state index contributed by atoms with van der Waals surface area (Å²) in [6, 6.07) is 8.59. The third-order valence-corrected chi connectivity index (χ3v) is 4.03. The number of carbonyl (C=O) groups is 2. The van der Waals surface area contributed by atoms with Crippen molar-refractivity contribution in [2.24, 2.45) is 0 Å². The summed E-state index contributed by atoms with van der Waals surface area (Å²) in [5, 5.41) is 2.65. The minimum atomic E-state index is -0.668. The summed E-state index contributed by atoms with van der Waals surface area (Å²) in [6.07, 6.45) is 2.96. The Labute approximate surface area is 169 Å². The second-order valence-corrected chi connectivity index (χ2v) is 5.66. The number of esters is 1. The van der Waals surface area contributed by atoms with Crippen LogP contribution in [-0.2, 0) is 9.53 Å². The molecule has 0 heterocycles. The lowest BCUT2D eigenvalue weighted by Crippen LogP contribution is -2.15. The van der Waals surface area contributed by atoms with Crippen LogP contribution in [0.3, 0.4) is 0 Å². The van der Waals surface area contributed by atoms with E-state index in [0.717, 1.165) is 5.56 Å². The van der Waals surface area contributed by atoms with E-state index in [-0.39, 0.29) is 28.5 Å². The number of nitrogens with one attached hydrogen (secondary N) is 1. The van der Waals surface area contributed by atoms with Crippen molar-refractivity contribution in [2.75, 3.05) is 40.9 Å². The van der Waals surface area contributed by atoms with Gasteiger partial charge in [-0.1, -0.05) is 12.1 Å². The fraction of sp³-hybridized carbons (Fsp3) is 0.238. The van der Waals surface area contributed by atoms with Gasteiger partial charge in [0.25, 0.3) is 0 Å². The lowest BCUT2D eigenvalue weighted by molar-refractivity contribution is -0.111. The summed E-state index contributed by atoms with van der Waals surface area (Å²) in [5.41, 5.74) is 0.975. The van der Waals surface area contributed by atoms with Gasteiger partial charge < -0.3 is 29.0 Å². The normalized spacial score (nSPS) is 10.4. The molecule has 0 fully saturated rings. The third kappa shape index (κ3) is 4.98. The van der Waals surface area contributed by atoms with E-state index in [4.69, 9.17) is 23.7 Å².